The summed E-state index contributed by atoms with van der Waals surface area (Å²) in [6.45, 7) is 5.98. The summed E-state index contributed by atoms with van der Waals surface area (Å²) >= 11 is 0. The van der Waals surface area contributed by atoms with E-state index in [1.54, 1.807) is 4.90 Å². The normalized spacial score (nSPS) is 31.8. The van der Waals surface area contributed by atoms with Crippen molar-refractivity contribution < 1.29 is 17.9 Å². The van der Waals surface area contributed by atoms with Gasteiger partial charge in [0.25, 0.3) is 0 Å². The summed E-state index contributed by atoms with van der Waals surface area (Å²) in [5.74, 6) is 0.472. The number of rotatable bonds is 4. The van der Waals surface area contributed by atoms with E-state index in [2.05, 4.69) is 6.92 Å². The van der Waals surface area contributed by atoms with E-state index in [1.807, 2.05) is 13.8 Å². The summed E-state index contributed by atoms with van der Waals surface area (Å²) in [7, 11) is 0. The summed E-state index contributed by atoms with van der Waals surface area (Å²) in [4.78, 5) is 1.55. The average molecular weight is 253 g/mol. The molecule has 0 aromatic carbocycles. The third kappa shape index (κ3) is 4.84. The quantitative estimate of drug-likeness (QED) is 0.763. The first kappa shape index (κ1) is 14.8. The molecule has 0 spiro atoms. The topological polar surface area (TPSA) is 12.5 Å². The molecule has 0 aromatic rings. The number of piperidine rings is 1. The third-order valence-electron chi connectivity index (χ3n) is 3.33. The van der Waals surface area contributed by atoms with Gasteiger partial charge in [0, 0.05) is 18.7 Å². The van der Waals surface area contributed by atoms with Gasteiger partial charge in [0.15, 0.2) is 0 Å². The molecule has 1 fully saturated rings. The summed E-state index contributed by atoms with van der Waals surface area (Å²) in [6, 6.07) is -0.124. The van der Waals surface area contributed by atoms with Crippen molar-refractivity contribution in [3.05, 3.63) is 0 Å². The Morgan fingerprint density at radius 2 is 1.88 bits per heavy atom. The zero-order valence-corrected chi connectivity index (χ0v) is 10.8. The minimum Gasteiger partial charge on any atom is -0.380 e. The second kappa shape index (κ2) is 6.05. The third-order valence-corrected chi connectivity index (χ3v) is 3.33. The molecule has 2 nitrogen and oxygen atoms in total. The largest absolute Gasteiger partial charge is 0.401 e. The Morgan fingerprint density at radius 3 is 2.41 bits per heavy atom. The lowest BCUT2D eigenvalue weighted by atomic mass is 9.88. The fourth-order valence-corrected chi connectivity index (χ4v) is 2.68. The van der Waals surface area contributed by atoms with Crippen molar-refractivity contribution in [2.45, 2.75) is 51.9 Å². The Labute approximate surface area is 101 Å². The first-order valence-electron chi connectivity index (χ1n) is 6.23. The van der Waals surface area contributed by atoms with Gasteiger partial charge in [-0.15, -0.1) is 0 Å². The van der Waals surface area contributed by atoms with E-state index in [0.717, 1.165) is 12.8 Å². The molecule has 3 atom stereocenters. The summed E-state index contributed by atoms with van der Waals surface area (Å²) in [5.41, 5.74) is 0. The van der Waals surface area contributed by atoms with Gasteiger partial charge in [0.2, 0.25) is 0 Å². The van der Waals surface area contributed by atoms with Gasteiger partial charge in [-0.3, -0.25) is 4.90 Å². The van der Waals surface area contributed by atoms with Gasteiger partial charge >= 0.3 is 6.18 Å². The summed E-state index contributed by atoms with van der Waals surface area (Å²) < 4.78 is 42.9. The second-order valence-electron chi connectivity index (χ2n) is 5.03. The molecule has 0 bridgehead atoms. The molecule has 3 unspecified atom stereocenters. The van der Waals surface area contributed by atoms with E-state index < -0.39 is 12.7 Å². The van der Waals surface area contributed by atoms with Crippen LogP contribution in [0.1, 0.15) is 33.6 Å². The Kier molecular flexibility index (Phi) is 5.25. The van der Waals surface area contributed by atoms with Crippen LogP contribution in [-0.2, 0) is 4.74 Å². The zero-order chi connectivity index (χ0) is 13.1. The molecule has 1 rings (SSSR count). The van der Waals surface area contributed by atoms with E-state index in [1.165, 1.54) is 0 Å². The Morgan fingerprint density at radius 1 is 1.24 bits per heavy atom. The van der Waals surface area contributed by atoms with Crippen LogP contribution in [0.5, 0.6) is 0 Å². The fraction of sp³-hybridized carbons (Fsp3) is 1.00. The smallest absolute Gasteiger partial charge is 0.380 e. The predicted molar refractivity (Wildman–Crippen MR) is 60.9 cm³/mol. The molecule has 102 valence electrons. The highest BCUT2D eigenvalue weighted by Gasteiger charge is 2.39. The van der Waals surface area contributed by atoms with Crippen molar-refractivity contribution in [3.63, 3.8) is 0 Å². The number of likely N-dealkylation sites (tertiary alicyclic amines) is 1. The average Bonchev–Trinajstić information content (AvgIpc) is 2.18. The van der Waals surface area contributed by atoms with Crippen molar-refractivity contribution in [3.8, 4) is 0 Å². The highest BCUT2D eigenvalue weighted by atomic mass is 19.4. The van der Waals surface area contributed by atoms with Crippen LogP contribution >= 0.6 is 0 Å². The van der Waals surface area contributed by atoms with E-state index in [0.29, 0.717) is 19.1 Å². The maximum atomic E-state index is 12.5. The van der Waals surface area contributed by atoms with Crippen LogP contribution < -0.4 is 0 Å². The maximum absolute atomic E-state index is 12.5. The summed E-state index contributed by atoms with van der Waals surface area (Å²) in [5, 5.41) is 0. The molecular weight excluding hydrogens is 231 g/mol. The number of hydrogen-bond donors (Lipinski definition) is 0. The molecule has 1 aliphatic heterocycles. The van der Waals surface area contributed by atoms with Crippen molar-refractivity contribution in [2.24, 2.45) is 5.92 Å². The minimum atomic E-state index is -4.13. The highest BCUT2D eigenvalue weighted by molar-refractivity contribution is 4.86. The molecule has 0 radical (unpaired) electrons. The monoisotopic (exact) mass is 253 g/mol. The van der Waals surface area contributed by atoms with Crippen molar-refractivity contribution >= 4 is 0 Å². The van der Waals surface area contributed by atoms with E-state index in [4.69, 9.17) is 4.74 Å². The van der Waals surface area contributed by atoms with Crippen LogP contribution in [0.3, 0.4) is 0 Å². The predicted octanol–water partition coefficient (Wildman–Crippen LogP) is 3.07. The molecule has 1 aliphatic rings. The number of ether oxygens (including phenoxy) is 1. The molecule has 17 heavy (non-hydrogen) atoms. The molecular formula is C12H22F3NO. The second-order valence-corrected chi connectivity index (χ2v) is 5.03. The van der Waals surface area contributed by atoms with Crippen LogP contribution in [0, 0.1) is 5.92 Å². The number of halogens is 3. The lowest BCUT2D eigenvalue weighted by molar-refractivity contribution is -0.165. The standard InChI is InChI=1S/C12H22F3NO/c1-4-17-7-11-6-9(2)5-10(3)16(11)8-12(13,14)15/h9-11H,4-8H2,1-3H3. The van der Waals surface area contributed by atoms with Gasteiger partial charge in [-0.05, 0) is 32.6 Å². The first-order chi connectivity index (χ1) is 7.83. The van der Waals surface area contributed by atoms with E-state index in [-0.39, 0.29) is 12.1 Å². The minimum absolute atomic E-state index is 0.0224. The molecule has 0 N–H and O–H groups in total. The molecule has 0 aromatic heterocycles. The van der Waals surface area contributed by atoms with Crippen LogP contribution in [0.4, 0.5) is 13.2 Å². The molecule has 5 heteroatoms. The lowest BCUT2D eigenvalue weighted by Gasteiger charge is -2.43. The molecule has 0 amide bonds. The van der Waals surface area contributed by atoms with Crippen LogP contribution in [0.25, 0.3) is 0 Å². The molecule has 1 saturated heterocycles. The van der Waals surface area contributed by atoms with Crippen LogP contribution in [0.15, 0.2) is 0 Å². The van der Waals surface area contributed by atoms with Crippen LogP contribution in [-0.4, -0.2) is 42.9 Å². The molecule has 0 aliphatic carbocycles. The van der Waals surface area contributed by atoms with Crippen molar-refractivity contribution in [2.75, 3.05) is 19.8 Å². The maximum Gasteiger partial charge on any atom is 0.401 e. The van der Waals surface area contributed by atoms with Gasteiger partial charge < -0.3 is 4.74 Å². The SMILES string of the molecule is CCOCC1CC(C)CC(C)N1CC(F)(F)F. The molecule has 0 saturated carbocycles. The van der Waals surface area contributed by atoms with Gasteiger partial charge in [0.1, 0.15) is 0 Å². The van der Waals surface area contributed by atoms with Gasteiger partial charge in [-0.25, -0.2) is 0 Å². The zero-order valence-electron chi connectivity index (χ0n) is 10.8. The van der Waals surface area contributed by atoms with Gasteiger partial charge in [-0.1, -0.05) is 6.92 Å². The fourth-order valence-electron chi connectivity index (χ4n) is 2.68. The van der Waals surface area contributed by atoms with Crippen molar-refractivity contribution in [1.29, 1.82) is 0 Å². The van der Waals surface area contributed by atoms with Crippen LogP contribution in [0.2, 0.25) is 0 Å². The molecule has 1 heterocycles. The Balaban J connectivity index is 2.65. The lowest BCUT2D eigenvalue weighted by Crippen LogP contribution is -2.53. The van der Waals surface area contributed by atoms with E-state index in [9.17, 15) is 13.2 Å². The highest BCUT2D eigenvalue weighted by Crippen LogP contribution is 2.30. The van der Waals surface area contributed by atoms with E-state index >= 15 is 0 Å². The number of nitrogens with zero attached hydrogens (tertiary/aromatic N) is 1. The Bertz CT molecular complexity index is 232. The first-order valence-corrected chi connectivity index (χ1v) is 6.23. The summed E-state index contributed by atoms with van der Waals surface area (Å²) in [6.07, 6.45) is -2.50. The van der Waals surface area contributed by atoms with Crippen molar-refractivity contribution in [1.82, 2.24) is 4.90 Å². The van der Waals surface area contributed by atoms with Gasteiger partial charge in [0.05, 0.1) is 13.2 Å². The van der Waals surface area contributed by atoms with Gasteiger partial charge in [-0.2, -0.15) is 13.2 Å². The number of alkyl halides is 3. The Hall–Kier alpha value is -0.290. The number of hydrogen-bond acceptors (Lipinski definition) is 2.